The largest absolute Gasteiger partial charge is 0.497 e. The lowest BCUT2D eigenvalue weighted by Crippen LogP contribution is -2.32. The first kappa shape index (κ1) is 23.3. The Morgan fingerprint density at radius 3 is 2.45 bits per heavy atom. The van der Waals surface area contributed by atoms with Crippen LogP contribution in [0.15, 0.2) is 47.6 Å². The van der Waals surface area contributed by atoms with Gasteiger partial charge in [0, 0.05) is 11.1 Å². The molecule has 0 spiro atoms. The summed E-state index contributed by atoms with van der Waals surface area (Å²) in [5.41, 5.74) is -1.58. The monoisotopic (exact) mass is 509 g/mol. The second-order valence-corrected chi connectivity index (χ2v) is 8.88. The van der Waals surface area contributed by atoms with Crippen molar-refractivity contribution in [2.75, 3.05) is 7.11 Å². The molecule has 0 aliphatic carbocycles. The second kappa shape index (κ2) is 8.99. The molecule has 3 aromatic rings. The average Bonchev–Trinajstić information content (AvgIpc) is 3.13. The van der Waals surface area contributed by atoms with Crippen LogP contribution < -0.4 is 9.46 Å². The molecule has 0 aliphatic heterocycles. The van der Waals surface area contributed by atoms with Gasteiger partial charge in [-0.05, 0) is 30.3 Å². The number of alkyl halides is 2. The Kier molecular flexibility index (Phi) is 6.75. The van der Waals surface area contributed by atoms with Gasteiger partial charge in [0.05, 0.1) is 22.8 Å². The number of methoxy groups -OCH3 is 1. The Hall–Kier alpha value is -2.40. The third-order valence-electron chi connectivity index (χ3n) is 4.05. The highest BCUT2D eigenvalue weighted by Gasteiger charge is 2.30. The normalized spacial score (nSPS) is 11.6. The van der Waals surface area contributed by atoms with Crippen molar-refractivity contribution in [1.82, 2.24) is 14.3 Å². The number of hydrogen-bond donors (Lipinski definition) is 1. The Labute approximate surface area is 190 Å². The average molecular weight is 511 g/mol. The number of rotatable bonds is 6. The number of halogens is 5. The zero-order valence-electron chi connectivity index (χ0n) is 15.4. The van der Waals surface area contributed by atoms with Crippen molar-refractivity contribution in [3.8, 4) is 11.4 Å². The van der Waals surface area contributed by atoms with E-state index in [4.69, 9.17) is 39.5 Å². The van der Waals surface area contributed by atoms with Gasteiger partial charge in [-0.1, -0.05) is 34.8 Å². The Balaban J connectivity index is 2.02. The van der Waals surface area contributed by atoms with Gasteiger partial charge in [-0.25, -0.2) is 26.9 Å². The number of ether oxygens (including phenoxy) is 1. The number of aromatic nitrogens is 2. The highest BCUT2D eigenvalue weighted by molar-refractivity contribution is 7.90. The number of hydrogen-bond acceptors (Lipinski definition) is 5. The topological polar surface area (TPSA) is 90.3 Å². The highest BCUT2D eigenvalue weighted by atomic mass is 35.5. The van der Waals surface area contributed by atoms with Crippen molar-refractivity contribution in [3.63, 3.8) is 0 Å². The molecule has 31 heavy (non-hydrogen) atoms. The van der Waals surface area contributed by atoms with Gasteiger partial charge in [0.25, 0.3) is 22.4 Å². The number of carbonyl (C=O) groups is 1. The van der Waals surface area contributed by atoms with Gasteiger partial charge in [-0.2, -0.15) is 0 Å². The lowest BCUT2D eigenvalue weighted by atomic mass is 10.2. The molecule has 0 aliphatic rings. The van der Waals surface area contributed by atoms with Gasteiger partial charge in [-0.3, -0.25) is 9.36 Å². The fraction of sp³-hybridized carbons (Fsp3) is 0.111. The van der Waals surface area contributed by atoms with E-state index >= 15 is 0 Å². The van der Waals surface area contributed by atoms with E-state index in [1.807, 2.05) is 0 Å². The lowest BCUT2D eigenvalue weighted by Gasteiger charge is -2.12. The SMILES string of the molecule is COc1ccc(Cl)c(S(=O)(=O)NC(=O)c2ncn(-c3ccc(Cl)cc3Cl)c2C(F)F)c1. The standard InChI is InChI=1S/C18H12Cl3F2N3O4S/c1-30-10-3-4-11(20)14(7-10)31(28,29)25-18(27)15-16(17(22)23)26(8-24-15)13-5-2-9(19)6-12(13)21/h2-8,17H,1H3,(H,25,27). The number of carbonyl (C=O) groups excluding carboxylic acids is 1. The van der Waals surface area contributed by atoms with Gasteiger partial charge in [0.2, 0.25) is 0 Å². The van der Waals surface area contributed by atoms with E-state index < -0.39 is 38.6 Å². The first-order valence-corrected chi connectivity index (χ1v) is 10.9. The lowest BCUT2D eigenvalue weighted by molar-refractivity contribution is 0.0959. The third kappa shape index (κ3) is 4.77. The van der Waals surface area contributed by atoms with Crippen molar-refractivity contribution >= 4 is 50.7 Å². The molecule has 1 heterocycles. The third-order valence-corrected chi connectivity index (χ3v) is 6.40. The summed E-state index contributed by atoms with van der Waals surface area (Å²) in [6, 6.07) is 7.83. The molecule has 164 valence electrons. The summed E-state index contributed by atoms with van der Waals surface area (Å²) >= 11 is 17.8. The molecule has 0 atom stereocenters. The molecule has 13 heteroatoms. The quantitative estimate of drug-likeness (QED) is 0.510. The van der Waals surface area contributed by atoms with Crippen LogP contribution in [0.5, 0.6) is 5.75 Å². The van der Waals surface area contributed by atoms with Crippen LogP contribution in [0.1, 0.15) is 22.6 Å². The van der Waals surface area contributed by atoms with E-state index in [0.29, 0.717) is 0 Å². The van der Waals surface area contributed by atoms with Gasteiger partial charge >= 0.3 is 0 Å². The second-order valence-electron chi connectivity index (χ2n) is 5.98. The summed E-state index contributed by atoms with van der Waals surface area (Å²) in [4.78, 5) is 15.8. The minimum absolute atomic E-state index is 0.0227. The van der Waals surface area contributed by atoms with Crippen molar-refractivity contribution in [2.45, 2.75) is 11.3 Å². The van der Waals surface area contributed by atoms with Crippen molar-refractivity contribution in [2.24, 2.45) is 0 Å². The maximum Gasteiger partial charge on any atom is 0.285 e. The molecule has 1 N–H and O–H groups in total. The van der Waals surface area contributed by atoms with Gasteiger partial charge in [0.15, 0.2) is 5.69 Å². The molecule has 7 nitrogen and oxygen atoms in total. The van der Waals surface area contributed by atoms with E-state index in [1.54, 1.807) is 4.72 Å². The molecule has 0 saturated carbocycles. The van der Waals surface area contributed by atoms with Crippen molar-refractivity contribution in [1.29, 1.82) is 0 Å². The highest BCUT2D eigenvalue weighted by Crippen LogP contribution is 2.31. The number of sulfonamides is 1. The van der Waals surface area contributed by atoms with Crippen LogP contribution in [-0.2, 0) is 10.0 Å². The fourth-order valence-corrected chi connectivity index (χ4v) is 4.62. The van der Waals surface area contributed by atoms with E-state index in [0.717, 1.165) is 17.0 Å². The summed E-state index contributed by atoms with van der Waals surface area (Å²) in [7, 11) is -3.22. The van der Waals surface area contributed by atoms with Gasteiger partial charge < -0.3 is 4.74 Å². The van der Waals surface area contributed by atoms with Gasteiger partial charge in [-0.15, -0.1) is 0 Å². The Morgan fingerprint density at radius 2 is 1.84 bits per heavy atom. The first-order valence-electron chi connectivity index (χ1n) is 8.26. The number of amides is 1. The van der Waals surface area contributed by atoms with Crippen LogP contribution in [0.2, 0.25) is 15.1 Å². The summed E-state index contributed by atoms with van der Waals surface area (Å²) in [5, 5.41) is 0.0925. The fourth-order valence-electron chi connectivity index (χ4n) is 2.65. The molecule has 0 fully saturated rings. The predicted octanol–water partition coefficient (Wildman–Crippen LogP) is 4.90. The maximum absolute atomic E-state index is 13.8. The summed E-state index contributed by atoms with van der Waals surface area (Å²) in [6.07, 6.45) is -2.26. The molecular weight excluding hydrogens is 499 g/mol. The molecule has 0 saturated heterocycles. The van der Waals surface area contributed by atoms with Crippen LogP contribution in [0.4, 0.5) is 8.78 Å². The number of imidazole rings is 1. The van der Waals surface area contributed by atoms with Crippen LogP contribution in [0.3, 0.4) is 0 Å². The molecule has 0 unspecified atom stereocenters. The molecule has 3 rings (SSSR count). The Morgan fingerprint density at radius 1 is 1.13 bits per heavy atom. The zero-order chi connectivity index (χ0) is 22.9. The summed E-state index contributed by atoms with van der Waals surface area (Å²) < 4.78 is 60.4. The molecule has 1 aromatic heterocycles. The van der Waals surface area contributed by atoms with E-state index in [2.05, 4.69) is 4.98 Å². The van der Waals surface area contributed by atoms with Crippen LogP contribution >= 0.6 is 34.8 Å². The predicted molar refractivity (Wildman–Crippen MR) is 111 cm³/mol. The minimum Gasteiger partial charge on any atom is -0.497 e. The first-order chi connectivity index (χ1) is 14.5. The van der Waals surface area contributed by atoms with Crippen LogP contribution in [-0.4, -0.2) is 31.0 Å². The van der Waals surface area contributed by atoms with Crippen LogP contribution in [0.25, 0.3) is 5.69 Å². The molecule has 1 amide bonds. The summed E-state index contributed by atoms with van der Waals surface area (Å²) in [6.45, 7) is 0. The van der Waals surface area contributed by atoms with Crippen molar-refractivity contribution < 1.29 is 26.7 Å². The van der Waals surface area contributed by atoms with Crippen molar-refractivity contribution in [3.05, 3.63) is 69.2 Å². The van der Waals surface area contributed by atoms with E-state index in [9.17, 15) is 22.0 Å². The van der Waals surface area contributed by atoms with Crippen LogP contribution in [0, 0.1) is 0 Å². The van der Waals surface area contributed by atoms with E-state index in [1.165, 1.54) is 37.4 Å². The number of benzene rings is 2. The number of nitrogens with zero attached hydrogens (tertiary/aromatic N) is 2. The minimum atomic E-state index is -4.53. The van der Waals surface area contributed by atoms with E-state index in [-0.39, 0.29) is 26.5 Å². The smallest absolute Gasteiger partial charge is 0.285 e. The molecule has 2 aromatic carbocycles. The summed E-state index contributed by atoms with van der Waals surface area (Å²) in [5.74, 6) is -1.22. The zero-order valence-corrected chi connectivity index (χ0v) is 18.5. The molecule has 0 bridgehead atoms. The molecule has 0 radical (unpaired) electrons. The van der Waals surface area contributed by atoms with Gasteiger partial charge in [0.1, 0.15) is 22.7 Å². The molecular formula is C18H12Cl3F2N3O4S. The Bertz CT molecular complexity index is 1270. The maximum atomic E-state index is 13.8. The number of nitrogens with one attached hydrogen (secondary N) is 1.